The molecule has 0 aromatic heterocycles. The number of benzene rings is 3. The minimum Gasteiger partial charge on any atom is -0.481 e. The maximum Gasteiger partial charge on any atom is 0.417 e. The van der Waals surface area contributed by atoms with Gasteiger partial charge in [-0.2, -0.15) is 13.2 Å². The number of hydrogen-bond acceptors (Lipinski definition) is 4. The second kappa shape index (κ2) is 9.94. The Labute approximate surface area is 199 Å². The molecule has 0 unspecified atom stereocenters. The molecule has 3 aromatic rings. The van der Waals surface area contributed by atoms with Gasteiger partial charge in [-0.3, -0.25) is 9.52 Å². The van der Waals surface area contributed by atoms with E-state index in [2.05, 4.69) is 10.0 Å². The highest BCUT2D eigenvalue weighted by atomic mass is 35.5. The van der Waals surface area contributed by atoms with E-state index in [1.165, 1.54) is 24.3 Å². The number of amides is 1. The summed E-state index contributed by atoms with van der Waals surface area (Å²) in [5.41, 5.74) is -0.163. The van der Waals surface area contributed by atoms with E-state index in [-0.39, 0.29) is 10.6 Å². The topological polar surface area (TPSA) is 84.5 Å². The SMILES string of the molecule is Cc1cccc(O[C@H](C)C(=O)Nc2ccc(S(=O)(=O)Nc3ccc(Cl)c(C(F)(F)F)c3)cc2)c1. The zero-order valence-electron chi connectivity index (χ0n) is 18.0. The van der Waals surface area contributed by atoms with E-state index < -0.39 is 38.8 Å². The molecular formula is C23H20ClF3N2O4S. The van der Waals surface area contributed by atoms with E-state index in [1.54, 1.807) is 25.1 Å². The van der Waals surface area contributed by atoms with Crippen LogP contribution in [0.4, 0.5) is 24.5 Å². The Morgan fingerprint density at radius 3 is 2.26 bits per heavy atom. The van der Waals surface area contributed by atoms with Crippen molar-refractivity contribution in [1.82, 2.24) is 0 Å². The van der Waals surface area contributed by atoms with Crippen LogP contribution in [-0.2, 0) is 21.0 Å². The quantitative estimate of drug-likeness (QED) is 0.414. The van der Waals surface area contributed by atoms with Crippen molar-refractivity contribution < 1.29 is 31.1 Å². The number of alkyl halides is 3. The highest BCUT2D eigenvalue weighted by Gasteiger charge is 2.33. The predicted octanol–water partition coefficient (Wildman–Crippen LogP) is 5.87. The molecule has 2 N–H and O–H groups in total. The standard InChI is InChI=1S/C23H20ClF3N2O4S/c1-14-4-3-5-18(12-14)33-15(2)22(30)28-16-6-9-19(10-7-16)34(31,32)29-17-8-11-21(24)20(13-17)23(25,26)27/h3-13,15,29H,1-2H3,(H,28,30)/t15-/m1/s1. The van der Waals surface area contributed by atoms with Gasteiger partial charge < -0.3 is 10.1 Å². The second-order valence-corrected chi connectivity index (χ2v) is 9.48. The molecule has 0 aliphatic heterocycles. The van der Waals surface area contributed by atoms with E-state index >= 15 is 0 Å². The van der Waals surface area contributed by atoms with Gasteiger partial charge in [-0.25, -0.2) is 8.42 Å². The van der Waals surface area contributed by atoms with E-state index in [4.69, 9.17) is 16.3 Å². The molecule has 0 bridgehead atoms. The van der Waals surface area contributed by atoms with Gasteiger partial charge in [0.15, 0.2) is 6.10 Å². The fourth-order valence-electron chi connectivity index (χ4n) is 2.93. The Bertz CT molecular complexity index is 1300. The zero-order valence-corrected chi connectivity index (χ0v) is 19.6. The molecule has 11 heteroatoms. The van der Waals surface area contributed by atoms with Crippen molar-refractivity contribution in [3.63, 3.8) is 0 Å². The molecule has 0 fully saturated rings. The van der Waals surface area contributed by atoms with Crippen molar-refractivity contribution >= 4 is 38.9 Å². The summed E-state index contributed by atoms with van der Waals surface area (Å²) in [6.45, 7) is 3.46. The summed E-state index contributed by atoms with van der Waals surface area (Å²) in [4.78, 5) is 12.2. The van der Waals surface area contributed by atoms with Gasteiger partial charge in [0, 0.05) is 11.4 Å². The third kappa shape index (κ3) is 6.42. The van der Waals surface area contributed by atoms with Crippen molar-refractivity contribution in [3.8, 4) is 5.75 Å². The first-order chi connectivity index (χ1) is 15.8. The highest BCUT2D eigenvalue weighted by Crippen LogP contribution is 2.36. The number of carbonyl (C=O) groups excluding carboxylic acids is 1. The lowest BCUT2D eigenvalue weighted by molar-refractivity contribution is -0.137. The summed E-state index contributed by atoms with van der Waals surface area (Å²) >= 11 is 5.56. The molecule has 0 saturated carbocycles. The summed E-state index contributed by atoms with van der Waals surface area (Å²) in [5.74, 6) is 0.0853. The van der Waals surface area contributed by atoms with Crippen molar-refractivity contribution in [2.45, 2.75) is 31.0 Å². The number of ether oxygens (including phenoxy) is 1. The van der Waals surface area contributed by atoms with Crippen LogP contribution in [0.1, 0.15) is 18.1 Å². The fourth-order valence-corrected chi connectivity index (χ4v) is 4.20. The Kier molecular flexibility index (Phi) is 7.42. The third-order valence-electron chi connectivity index (χ3n) is 4.63. The normalized spacial score (nSPS) is 12.6. The predicted molar refractivity (Wildman–Crippen MR) is 124 cm³/mol. The van der Waals surface area contributed by atoms with Gasteiger partial charge in [0.2, 0.25) is 0 Å². The van der Waals surface area contributed by atoms with Crippen LogP contribution in [0.5, 0.6) is 5.75 Å². The first-order valence-corrected chi connectivity index (χ1v) is 11.7. The lowest BCUT2D eigenvalue weighted by Gasteiger charge is -2.15. The van der Waals surface area contributed by atoms with Crippen LogP contribution < -0.4 is 14.8 Å². The van der Waals surface area contributed by atoms with Crippen LogP contribution in [-0.4, -0.2) is 20.4 Å². The molecule has 34 heavy (non-hydrogen) atoms. The van der Waals surface area contributed by atoms with Gasteiger partial charge in [0.25, 0.3) is 15.9 Å². The first kappa shape index (κ1) is 25.4. The van der Waals surface area contributed by atoms with Crippen LogP contribution in [0.25, 0.3) is 0 Å². The van der Waals surface area contributed by atoms with E-state index in [9.17, 15) is 26.4 Å². The van der Waals surface area contributed by atoms with Crippen LogP contribution in [0.3, 0.4) is 0 Å². The Hall–Kier alpha value is -3.24. The largest absolute Gasteiger partial charge is 0.481 e. The highest BCUT2D eigenvalue weighted by molar-refractivity contribution is 7.92. The Balaban J connectivity index is 1.68. The molecule has 0 saturated heterocycles. The number of sulfonamides is 1. The average Bonchev–Trinajstić information content (AvgIpc) is 2.74. The summed E-state index contributed by atoms with van der Waals surface area (Å²) < 4.78 is 71.9. The number of hydrogen-bond donors (Lipinski definition) is 2. The number of halogens is 4. The van der Waals surface area contributed by atoms with Crippen LogP contribution in [0.2, 0.25) is 5.02 Å². The molecule has 0 aliphatic rings. The third-order valence-corrected chi connectivity index (χ3v) is 6.35. The van der Waals surface area contributed by atoms with Crippen molar-refractivity contribution in [3.05, 3.63) is 82.9 Å². The molecule has 180 valence electrons. The number of aryl methyl sites for hydroxylation is 1. The van der Waals surface area contributed by atoms with Gasteiger partial charge in [0.1, 0.15) is 5.75 Å². The fraction of sp³-hybridized carbons (Fsp3) is 0.174. The van der Waals surface area contributed by atoms with Crippen molar-refractivity contribution in [2.24, 2.45) is 0 Å². The number of carbonyl (C=O) groups is 1. The molecule has 1 atom stereocenters. The van der Waals surface area contributed by atoms with Gasteiger partial charge in [-0.15, -0.1) is 0 Å². The summed E-state index contributed by atoms with van der Waals surface area (Å²) in [5, 5.41) is 2.07. The molecule has 1 amide bonds. The van der Waals surface area contributed by atoms with Crippen molar-refractivity contribution in [1.29, 1.82) is 0 Å². The Morgan fingerprint density at radius 1 is 1.00 bits per heavy atom. The molecular weight excluding hydrogens is 493 g/mol. The lowest BCUT2D eigenvalue weighted by atomic mass is 10.2. The summed E-state index contributed by atoms with van der Waals surface area (Å²) in [6.07, 6.45) is -5.56. The van der Waals surface area contributed by atoms with Gasteiger partial charge in [-0.05, 0) is 74.0 Å². The molecule has 0 heterocycles. The smallest absolute Gasteiger partial charge is 0.417 e. The summed E-state index contributed by atoms with van der Waals surface area (Å²) in [7, 11) is -4.19. The number of rotatable bonds is 7. The van der Waals surface area contributed by atoms with Gasteiger partial charge in [-0.1, -0.05) is 23.7 Å². The van der Waals surface area contributed by atoms with Gasteiger partial charge in [0.05, 0.1) is 15.5 Å². The number of anilines is 2. The average molecular weight is 513 g/mol. The summed E-state index contributed by atoms with van der Waals surface area (Å²) in [6, 6.07) is 15.0. The zero-order chi connectivity index (χ0) is 25.1. The second-order valence-electron chi connectivity index (χ2n) is 7.39. The van der Waals surface area contributed by atoms with E-state index in [0.29, 0.717) is 17.5 Å². The molecule has 0 radical (unpaired) electrons. The van der Waals surface area contributed by atoms with Crippen LogP contribution in [0, 0.1) is 6.92 Å². The van der Waals surface area contributed by atoms with Crippen LogP contribution in [0.15, 0.2) is 71.6 Å². The maximum absolute atomic E-state index is 13.0. The Morgan fingerprint density at radius 2 is 1.65 bits per heavy atom. The molecule has 0 spiro atoms. The molecule has 3 aromatic carbocycles. The van der Waals surface area contributed by atoms with E-state index in [1.807, 2.05) is 13.0 Å². The minimum atomic E-state index is -4.74. The van der Waals surface area contributed by atoms with Gasteiger partial charge >= 0.3 is 6.18 Å². The molecule has 0 aliphatic carbocycles. The maximum atomic E-state index is 13.0. The molecule has 6 nitrogen and oxygen atoms in total. The van der Waals surface area contributed by atoms with Crippen molar-refractivity contribution in [2.75, 3.05) is 10.0 Å². The van der Waals surface area contributed by atoms with E-state index in [0.717, 1.165) is 17.7 Å². The number of nitrogens with one attached hydrogen (secondary N) is 2. The lowest BCUT2D eigenvalue weighted by Crippen LogP contribution is -2.30. The first-order valence-electron chi connectivity index (χ1n) is 9.89. The monoisotopic (exact) mass is 512 g/mol. The minimum absolute atomic E-state index is 0.210. The molecule has 3 rings (SSSR count). The van der Waals surface area contributed by atoms with Crippen LogP contribution >= 0.6 is 11.6 Å².